The van der Waals surface area contributed by atoms with E-state index in [0.717, 1.165) is 17.1 Å². The van der Waals surface area contributed by atoms with Crippen LogP contribution in [0.25, 0.3) is 49.7 Å². The number of benzene rings is 7. The number of aromatic nitrogens is 1. The zero-order valence-electron chi connectivity index (χ0n) is 30.2. The first-order valence-corrected chi connectivity index (χ1v) is 18.5. The molecule has 4 nitrogen and oxygen atoms in total. The van der Waals surface area contributed by atoms with Crippen LogP contribution in [0.3, 0.4) is 0 Å². The summed E-state index contributed by atoms with van der Waals surface area (Å²) in [7, 11) is 2.15. The van der Waals surface area contributed by atoms with E-state index in [1.54, 1.807) is 0 Å². The van der Waals surface area contributed by atoms with E-state index < -0.39 is 0 Å². The number of hydrogen-bond acceptors (Lipinski definition) is 2. The van der Waals surface area contributed by atoms with Gasteiger partial charge in [-0.25, -0.2) is 0 Å². The third-order valence-corrected chi connectivity index (χ3v) is 11.4. The van der Waals surface area contributed by atoms with E-state index in [2.05, 4.69) is 205 Å². The lowest BCUT2D eigenvalue weighted by Gasteiger charge is -2.21. The number of fused-ring (bicyclic) bond motifs is 6. The van der Waals surface area contributed by atoms with Crippen molar-refractivity contribution in [2.24, 2.45) is 4.99 Å². The normalized spacial score (nSPS) is 17.3. The highest BCUT2D eigenvalue weighted by atomic mass is 15.9. The van der Waals surface area contributed by atoms with E-state index >= 15 is 0 Å². The fourth-order valence-corrected chi connectivity index (χ4v) is 8.63. The van der Waals surface area contributed by atoms with Crippen molar-refractivity contribution >= 4 is 27.6 Å². The lowest BCUT2D eigenvalue weighted by Crippen LogP contribution is -2.17. The van der Waals surface area contributed by atoms with Crippen LogP contribution < -0.4 is 0 Å². The molecule has 4 heteroatoms. The highest BCUT2D eigenvalue weighted by molar-refractivity contribution is 6.13. The van der Waals surface area contributed by atoms with Crippen molar-refractivity contribution in [3.05, 3.63) is 198 Å². The average Bonchev–Trinajstić information content (AvgIpc) is 3.68. The first-order valence-electron chi connectivity index (χ1n) is 18.5. The molecule has 53 heavy (non-hydrogen) atoms. The summed E-state index contributed by atoms with van der Waals surface area (Å²) in [5.41, 5.74) is 14.8. The Morgan fingerprint density at radius 1 is 0.585 bits per heavy atom. The molecule has 2 unspecified atom stereocenters. The van der Waals surface area contributed by atoms with Crippen molar-refractivity contribution in [2.75, 3.05) is 7.05 Å². The van der Waals surface area contributed by atoms with E-state index in [-0.39, 0.29) is 11.6 Å². The van der Waals surface area contributed by atoms with Gasteiger partial charge in [0.05, 0.1) is 17.6 Å². The Balaban J connectivity index is 1.17. The predicted molar refractivity (Wildman–Crippen MR) is 219 cm³/mol. The van der Waals surface area contributed by atoms with Crippen LogP contribution in [0.15, 0.2) is 175 Å². The van der Waals surface area contributed by atoms with Gasteiger partial charge in [-0.05, 0) is 80.9 Å². The molecule has 0 spiro atoms. The molecule has 0 bridgehead atoms. The second-order valence-electron chi connectivity index (χ2n) is 14.9. The average molecular weight is 685 g/mol. The van der Waals surface area contributed by atoms with E-state index in [9.17, 15) is 0 Å². The fourth-order valence-electron chi connectivity index (χ4n) is 8.63. The van der Waals surface area contributed by atoms with Crippen LogP contribution in [0.4, 0.5) is 0 Å². The van der Waals surface area contributed by atoms with Gasteiger partial charge in [-0.1, -0.05) is 147 Å². The minimum atomic E-state index is -0.105. The van der Waals surface area contributed by atoms with Gasteiger partial charge in [-0.15, -0.1) is 0 Å². The van der Waals surface area contributed by atoms with Gasteiger partial charge in [0.15, 0.2) is 0 Å². The number of rotatable bonds is 6. The van der Waals surface area contributed by atoms with Gasteiger partial charge in [0.2, 0.25) is 0 Å². The van der Waals surface area contributed by atoms with Crippen LogP contribution in [-0.4, -0.2) is 27.5 Å². The van der Waals surface area contributed by atoms with Crippen LogP contribution in [0.5, 0.6) is 0 Å². The number of aliphatic imine (C=N–C) groups is 1. The Kier molecular flexibility index (Phi) is 7.24. The van der Waals surface area contributed by atoms with Crippen LogP contribution >= 0.6 is 0 Å². The minimum absolute atomic E-state index is 0.105. The van der Waals surface area contributed by atoms with E-state index in [0.29, 0.717) is 6.54 Å². The van der Waals surface area contributed by atoms with Crippen molar-refractivity contribution in [2.45, 2.75) is 32.0 Å². The maximum atomic E-state index is 5.33. The maximum Gasteiger partial charge on any atom is 0.147 e. The van der Waals surface area contributed by atoms with E-state index in [1.165, 1.54) is 66.3 Å². The molecule has 8 aromatic rings. The molecule has 1 aliphatic heterocycles. The lowest BCUT2D eigenvalue weighted by molar-refractivity contribution is 0.478. The number of amidine groups is 1. The monoisotopic (exact) mass is 684 g/mol. The van der Waals surface area contributed by atoms with Crippen LogP contribution in [0.2, 0.25) is 0 Å². The van der Waals surface area contributed by atoms with Gasteiger partial charge in [-0.2, -0.15) is 5.01 Å². The summed E-state index contributed by atoms with van der Waals surface area (Å²) < 4.78 is 2.47. The molecule has 1 fully saturated rings. The molecule has 0 amide bonds. The topological polar surface area (TPSA) is 23.3 Å². The molecule has 2 aliphatic rings. The number of hydrazine groups is 1. The lowest BCUT2D eigenvalue weighted by atomic mass is 9.82. The fraction of sp³-hybridized carbons (Fsp3) is 0.122. The van der Waals surface area contributed by atoms with Crippen molar-refractivity contribution in [1.82, 2.24) is 14.6 Å². The molecular formula is C49H40N4. The molecule has 10 rings (SSSR count). The molecule has 0 saturated carbocycles. The van der Waals surface area contributed by atoms with Crippen molar-refractivity contribution in [1.29, 1.82) is 0 Å². The second-order valence-corrected chi connectivity index (χ2v) is 14.9. The molecule has 1 aromatic heterocycles. The quantitative estimate of drug-likeness (QED) is 0.0989. The van der Waals surface area contributed by atoms with Crippen LogP contribution in [0, 0.1) is 0 Å². The molecule has 256 valence electrons. The van der Waals surface area contributed by atoms with Gasteiger partial charge >= 0.3 is 0 Å². The minimum Gasteiger partial charge on any atom is -0.309 e. The van der Waals surface area contributed by atoms with Crippen molar-refractivity contribution in [3.8, 4) is 27.9 Å². The predicted octanol–water partition coefficient (Wildman–Crippen LogP) is 11.6. The molecule has 7 aromatic carbocycles. The number of hydrogen-bond donors (Lipinski definition) is 0. The summed E-state index contributed by atoms with van der Waals surface area (Å²) in [6.45, 7) is 5.33. The summed E-state index contributed by atoms with van der Waals surface area (Å²) in [5.74, 6) is 0.969. The summed E-state index contributed by atoms with van der Waals surface area (Å²) >= 11 is 0. The third kappa shape index (κ3) is 5.13. The van der Waals surface area contributed by atoms with Crippen LogP contribution in [0.1, 0.15) is 47.8 Å². The third-order valence-electron chi connectivity index (χ3n) is 11.4. The molecule has 1 aliphatic carbocycles. The van der Waals surface area contributed by atoms with Gasteiger partial charge < -0.3 is 4.57 Å². The van der Waals surface area contributed by atoms with Gasteiger partial charge in [0, 0.05) is 34.5 Å². The summed E-state index contributed by atoms with van der Waals surface area (Å²) in [6, 6.07) is 61.7. The molecule has 2 heterocycles. The van der Waals surface area contributed by atoms with E-state index in [4.69, 9.17) is 4.99 Å². The molecule has 0 radical (unpaired) electrons. The zero-order valence-corrected chi connectivity index (χ0v) is 30.2. The molecule has 1 saturated heterocycles. The van der Waals surface area contributed by atoms with Gasteiger partial charge in [-0.3, -0.25) is 10.0 Å². The van der Waals surface area contributed by atoms with Crippen molar-refractivity contribution in [3.63, 3.8) is 0 Å². The smallest absolute Gasteiger partial charge is 0.147 e. The molecule has 2 atom stereocenters. The zero-order chi connectivity index (χ0) is 35.7. The number of nitrogens with zero attached hydrogens (tertiary/aromatic N) is 4. The first kappa shape index (κ1) is 31.5. The van der Waals surface area contributed by atoms with Gasteiger partial charge in [0.1, 0.15) is 12.0 Å². The summed E-state index contributed by atoms with van der Waals surface area (Å²) in [4.78, 5) is 5.33. The SMILES string of the molecule is CN1C(c2ccccc2)N1/C(=N\Cc1ccccc1)c1cccc(-n2c3ccc(-c4ccccc4)cc3c3cc4c(cc32)C(C)(C)c2ccccc2-4)c1. The van der Waals surface area contributed by atoms with E-state index in [1.807, 2.05) is 0 Å². The second kappa shape index (κ2) is 12.2. The first-order chi connectivity index (χ1) is 26.0. The largest absolute Gasteiger partial charge is 0.309 e. The standard InChI is InChI=1S/C49H40N4/c1-49(2)43-25-14-13-24-39(43)40-30-42-41-29-36(34-18-9-5-10-19-34)26-27-45(41)52(46(42)31-44(40)49)38-23-15-22-37(28-38)47(50-32-33-16-7-4-8-17-33)53-48(51(53)3)35-20-11-6-12-21-35/h4-31,48H,32H2,1-3H3/b50-47-. The molecular weight excluding hydrogens is 645 g/mol. The Bertz CT molecular complexity index is 2690. The molecule has 0 N–H and O–H groups in total. The Morgan fingerprint density at radius 3 is 2.08 bits per heavy atom. The van der Waals surface area contributed by atoms with Crippen molar-refractivity contribution < 1.29 is 0 Å². The maximum absolute atomic E-state index is 5.33. The highest BCUT2D eigenvalue weighted by Gasteiger charge is 2.46. The Hall–Kier alpha value is -6.23. The van der Waals surface area contributed by atoms with Crippen LogP contribution in [-0.2, 0) is 12.0 Å². The summed E-state index contributed by atoms with van der Waals surface area (Å²) in [5, 5.41) is 7.12. The highest BCUT2D eigenvalue weighted by Crippen LogP contribution is 2.51. The van der Waals surface area contributed by atoms with Gasteiger partial charge in [0.25, 0.3) is 0 Å². The Morgan fingerprint density at radius 2 is 1.28 bits per heavy atom. The Labute approximate surface area is 310 Å². The summed E-state index contributed by atoms with van der Waals surface area (Å²) in [6.07, 6.45) is 0.130.